The summed E-state index contributed by atoms with van der Waals surface area (Å²) in [6.07, 6.45) is 6.28. The molecule has 76 valence electrons. The minimum Gasteiger partial charge on any atom is -0.388 e. The van der Waals surface area contributed by atoms with Gasteiger partial charge in [0.2, 0.25) is 0 Å². The number of nitrogens with zero attached hydrogens (tertiary/aromatic N) is 1. The van der Waals surface area contributed by atoms with Gasteiger partial charge < -0.3 is 5.11 Å². The number of pyridine rings is 1. The van der Waals surface area contributed by atoms with Gasteiger partial charge in [-0.05, 0) is 25.3 Å². The van der Waals surface area contributed by atoms with Crippen molar-refractivity contribution in [3.63, 3.8) is 0 Å². The molecule has 0 aromatic carbocycles. The Hall–Kier alpha value is -0.890. The molecule has 0 saturated heterocycles. The van der Waals surface area contributed by atoms with E-state index < -0.39 is 0 Å². The van der Waals surface area contributed by atoms with Gasteiger partial charge in [-0.15, -0.1) is 0 Å². The van der Waals surface area contributed by atoms with E-state index in [1.165, 1.54) is 19.3 Å². The number of rotatable bonds is 3. The van der Waals surface area contributed by atoms with Crippen LogP contribution in [0.15, 0.2) is 18.3 Å². The Labute approximate surface area is 85.0 Å². The second kappa shape index (κ2) is 4.09. The molecule has 2 heteroatoms. The van der Waals surface area contributed by atoms with Gasteiger partial charge in [0.05, 0.1) is 6.10 Å². The van der Waals surface area contributed by atoms with E-state index in [1.807, 2.05) is 19.1 Å². The van der Waals surface area contributed by atoms with Crippen LogP contribution < -0.4 is 0 Å². The highest BCUT2D eigenvalue weighted by Gasteiger charge is 2.22. The van der Waals surface area contributed by atoms with Crippen molar-refractivity contribution in [3.05, 3.63) is 29.6 Å². The maximum Gasteiger partial charge on any atom is 0.0810 e. The van der Waals surface area contributed by atoms with Crippen molar-refractivity contribution >= 4 is 0 Å². The van der Waals surface area contributed by atoms with Crippen molar-refractivity contribution in [2.24, 2.45) is 5.92 Å². The van der Waals surface area contributed by atoms with E-state index in [4.69, 9.17) is 0 Å². The molecule has 0 bridgehead atoms. The summed E-state index contributed by atoms with van der Waals surface area (Å²) in [4.78, 5) is 4.19. The number of aliphatic hydroxyl groups is 1. The Morgan fingerprint density at radius 2 is 2.36 bits per heavy atom. The second-order valence-electron chi connectivity index (χ2n) is 4.23. The smallest absolute Gasteiger partial charge is 0.0810 e. The molecule has 1 aliphatic rings. The maximum atomic E-state index is 10.00. The molecule has 1 aromatic heterocycles. The lowest BCUT2D eigenvalue weighted by Gasteiger charge is -2.27. The number of hydrogen-bond donors (Lipinski definition) is 1. The molecular weight excluding hydrogens is 174 g/mol. The quantitative estimate of drug-likeness (QED) is 0.796. The molecule has 1 N–H and O–H groups in total. The molecule has 1 aromatic rings. The SMILES string of the molecule is Cc1ncccc1C(O)CC1CCC1. The lowest BCUT2D eigenvalue weighted by molar-refractivity contribution is 0.117. The minimum absolute atomic E-state index is 0.311. The fourth-order valence-corrected chi connectivity index (χ4v) is 2.02. The molecule has 0 radical (unpaired) electrons. The first-order chi connectivity index (χ1) is 6.77. The molecule has 2 nitrogen and oxygen atoms in total. The molecule has 2 rings (SSSR count). The average molecular weight is 191 g/mol. The molecular formula is C12H17NO. The van der Waals surface area contributed by atoms with Crippen molar-refractivity contribution < 1.29 is 5.11 Å². The topological polar surface area (TPSA) is 33.1 Å². The first-order valence-electron chi connectivity index (χ1n) is 5.37. The normalized spacial score (nSPS) is 19.0. The molecule has 1 saturated carbocycles. The minimum atomic E-state index is -0.311. The fraction of sp³-hybridized carbons (Fsp3) is 0.583. The zero-order valence-corrected chi connectivity index (χ0v) is 8.61. The van der Waals surface area contributed by atoms with E-state index >= 15 is 0 Å². The number of aromatic nitrogens is 1. The van der Waals surface area contributed by atoms with E-state index in [9.17, 15) is 5.11 Å². The highest BCUT2D eigenvalue weighted by molar-refractivity contribution is 5.20. The first kappa shape index (κ1) is 9.66. The van der Waals surface area contributed by atoms with Crippen LogP contribution in [0.1, 0.15) is 43.0 Å². The Morgan fingerprint density at radius 1 is 1.57 bits per heavy atom. The maximum absolute atomic E-state index is 10.00. The molecule has 1 heterocycles. The Kier molecular flexibility index (Phi) is 2.82. The van der Waals surface area contributed by atoms with Crippen LogP contribution in [0, 0.1) is 12.8 Å². The van der Waals surface area contributed by atoms with E-state index in [0.29, 0.717) is 0 Å². The third kappa shape index (κ3) is 1.95. The largest absolute Gasteiger partial charge is 0.388 e. The summed E-state index contributed by atoms with van der Waals surface area (Å²) >= 11 is 0. The van der Waals surface area contributed by atoms with Crippen LogP contribution in [0.4, 0.5) is 0 Å². The van der Waals surface area contributed by atoms with E-state index in [1.54, 1.807) is 6.20 Å². The Bertz CT molecular complexity index is 307. The summed E-state index contributed by atoms with van der Waals surface area (Å²) in [6.45, 7) is 1.96. The van der Waals surface area contributed by atoms with Gasteiger partial charge in [0, 0.05) is 17.5 Å². The van der Waals surface area contributed by atoms with Gasteiger partial charge in [0.15, 0.2) is 0 Å². The van der Waals surface area contributed by atoms with Crippen LogP contribution in [0.3, 0.4) is 0 Å². The van der Waals surface area contributed by atoms with E-state index in [-0.39, 0.29) is 6.10 Å². The Balaban J connectivity index is 2.02. The van der Waals surface area contributed by atoms with Gasteiger partial charge in [-0.2, -0.15) is 0 Å². The van der Waals surface area contributed by atoms with Crippen LogP contribution >= 0.6 is 0 Å². The first-order valence-corrected chi connectivity index (χ1v) is 5.37. The molecule has 1 fully saturated rings. The van der Waals surface area contributed by atoms with Crippen LogP contribution in [0.5, 0.6) is 0 Å². The summed E-state index contributed by atoms with van der Waals surface area (Å²) in [6, 6.07) is 3.87. The van der Waals surface area contributed by atoms with Gasteiger partial charge in [0.1, 0.15) is 0 Å². The second-order valence-corrected chi connectivity index (χ2v) is 4.23. The zero-order chi connectivity index (χ0) is 9.97. The van der Waals surface area contributed by atoms with Gasteiger partial charge in [0.25, 0.3) is 0 Å². The predicted molar refractivity (Wildman–Crippen MR) is 55.9 cm³/mol. The molecule has 0 amide bonds. The van der Waals surface area contributed by atoms with Crippen LogP contribution in [0.2, 0.25) is 0 Å². The monoisotopic (exact) mass is 191 g/mol. The van der Waals surface area contributed by atoms with Crippen molar-refractivity contribution in [1.29, 1.82) is 0 Å². The van der Waals surface area contributed by atoms with E-state index in [0.717, 1.165) is 23.6 Å². The Morgan fingerprint density at radius 3 is 2.93 bits per heavy atom. The lowest BCUT2D eigenvalue weighted by Crippen LogP contribution is -2.15. The van der Waals surface area contributed by atoms with Crippen LogP contribution in [-0.2, 0) is 0 Å². The summed E-state index contributed by atoms with van der Waals surface area (Å²) in [5.74, 6) is 0.740. The molecule has 0 spiro atoms. The molecule has 1 atom stereocenters. The number of aliphatic hydroxyl groups excluding tert-OH is 1. The van der Waals surface area contributed by atoms with Crippen molar-refractivity contribution in [2.45, 2.75) is 38.7 Å². The van der Waals surface area contributed by atoms with E-state index in [2.05, 4.69) is 4.98 Å². The molecule has 14 heavy (non-hydrogen) atoms. The van der Waals surface area contributed by atoms with Gasteiger partial charge >= 0.3 is 0 Å². The standard InChI is InChI=1S/C12H17NO/c1-9-11(6-3-7-13-9)12(14)8-10-4-2-5-10/h3,6-7,10,12,14H,2,4-5,8H2,1H3. The molecule has 1 aliphatic carbocycles. The van der Waals surface area contributed by atoms with Crippen molar-refractivity contribution in [2.75, 3.05) is 0 Å². The van der Waals surface area contributed by atoms with Crippen molar-refractivity contribution in [3.8, 4) is 0 Å². The predicted octanol–water partition coefficient (Wildman–Crippen LogP) is 2.61. The van der Waals surface area contributed by atoms with Crippen LogP contribution in [0.25, 0.3) is 0 Å². The lowest BCUT2D eigenvalue weighted by atomic mass is 9.80. The third-order valence-electron chi connectivity index (χ3n) is 3.19. The highest BCUT2D eigenvalue weighted by atomic mass is 16.3. The fourth-order valence-electron chi connectivity index (χ4n) is 2.02. The van der Waals surface area contributed by atoms with Crippen LogP contribution in [-0.4, -0.2) is 10.1 Å². The highest BCUT2D eigenvalue weighted by Crippen LogP contribution is 2.34. The van der Waals surface area contributed by atoms with Gasteiger partial charge in [-0.3, -0.25) is 4.98 Å². The van der Waals surface area contributed by atoms with Gasteiger partial charge in [-0.1, -0.05) is 25.3 Å². The summed E-state index contributed by atoms with van der Waals surface area (Å²) in [5.41, 5.74) is 1.96. The van der Waals surface area contributed by atoms with Gasteiger partial charge in [-0.25, -0.2) is 0 Å². The summed E-state index contributed by atoms with van der Waals surface area (Å²) in [5, 5.41) is 10.00. The molecule has 0 aliphatic heterocycles. The summed E-state index contributed by atoms with van der Waals surface area (Å²) < 4.78 is 0. The zero-order valence-electron chi connectivity index (χ0n) is 8.61. The van der Waals surface area contributed by atoms with Crippen molar-refractivity contribution in [1.82, 2.24) is 4.98 Å². The third-order valence-corrected chi connectivity index (χ3v) is 3.19. The molecule has 1 unspecified atom stereocenters. The summed E-state index contributed by atoms with van der Waals surface area (Å²) in [7, 11) is 0. The number of hydrogen-bond acceptors (Lipinski definition) is 2. The average Bonchev–Trinajstić information content (AvgIpc) is 2.12. The number of aryl methyl sites for hydroxylation is 1.